The van der Waals surface area contributed by atoms with E-state index < -0.39 is 0 Å². The van der Waals surface area contributed by atoms with Crippen molar-refractivity contribution in [3.63, 3.8) is 0 Å². The summed E-state index contributed by atoms with van der Waals surface area (Å²) in [7, 11) is 1.62. The van der Waals surface area contributed by atoms with Gasteiger partial charge in [0.1, 0.15) is 5.75 Å². The number of nitrogens with two attached hydrogens (primary N) is 1. The average Bonchev–Trinajstić information content (AvgIpc) is 2.16. The molecule has 0 aliphatic carbocycles. The van der Waals surface area contributed by atoms with E-state index in [0.29, 0.717) is 5.02 Å². The van der Waals surface area contributed by atoms with Gasteiger partial charge in [-0.2, -0.15) is 0 Å². The summed E-state index contributed by atoms with van der Waals surface area (Å²) in [4.78, 5) is 0. The molecule has 0 saturated heterocycles. The van der Waals surface area contributed by atoms with Crippen LogP contribution in [-0.2, 0) is 6.42 Å². The lowest BCUT2D eigenvalue weighted by Crippen LogP contribution is -2.15. The summed E-state index contributed by atoms with van der Waals surface area (Å²) in [6, 6.07) is 6.06. The summed E-state index contributed by atoms with van der Waals surface area (Å²) in [6.07, 6.45) is 1.94. The molecule has 0 spiro atoms. The Morgan fingerprint density at radius 3 is 2.79 bits per heavy atom. The molecule has 2 nitrogen and oxygen atoms in total. The lowest BCUT2D eigenvalue weighted by Gasteiger charge is -2.07. The number of rotatable bonds is 4. The Kier molecular flexibility index (Phi) is 4.23. The summed E-state index contributed by atoms with van der Waals surface area (Å²) in [5, 5.41) is 0.650. The molecule has 2 N–H and O–H groups in total. The van der Waals surface area contributed by atoms with Crippen molar-refractivity contribution in [2.24, 2.45) is 5.73 Å². The third kappa shape index (κ3) is 3.20. The summed E-state index contributed by atoms with van der Waals surface area (Å²) in [6.45, 7) is 2.01. The fraction of sp³-hybridized carbons (Fsp3) is 0.455. The molecule has 1 atom stereocenters. The standard InChI is InChI=1S/C11H16ClNO/c1-8(13)3-4-9-5-6-10(12)11(7-9)14-2/h5-8H,3-4,13H2,1-2H3/t8-/m1/s1. The molecule has 0 unspecified atom stereocenters. The summed E-state index contributed by atoms with van der Waals surface area (Å²) >= 11 is 5.91. The maximum Gasteiger partial charge on any atom is 0.137 e. The van der Waals surface area contributed by atoms with Crippen LogP contribution in [0.3, 0.4) is 0 Å². The number of ether oxygens (including phenoxy) is 1. The molecule has 0 amide bonds. The number of hydrogen-bond donors (Lipinski definition) is 1. The van der Waals surface area contributed by atoms with Crippen molar-refractivity contribution < 1.29 is 4.74 Å². The molecule has 0 saturated carbocycles. The fourth-order valence-corrected chi connectivity index (χ4v) is 1.45. The van der Waals surface area contributed by atoms with Gasteiger partial charge in [0.05, 0.1) is 12.1 Å². The van der Waals surface area contributed by atoms with Gasteiger partial charge in [0.25, 0.3) is 0 Å². The van der Waals surface area contributed by atoms with Crippen LogP contribution >= 0.6 is 11.6 Å². The monoisotopic (exact) mass is 213 g/mol. The minimum absolute atomic E-state index is 0.233. The number of aryl methyl sites for hydroxylation is 1. The van der Waals surface area contributed by atoms with Crippen molar-refractivity contribution in [2.75, 3.05) is 7.11 Å². The largest absolute Gasteiger partial charge is 0.495 e. The molecule has 0 heterocycles. The fourth-order valence-electron chi connectivity index (χ4n) is 1.25. The minimum atomic E-state index is 0.233. The first-order valence-electron chi connectivity index (χ1n) is 4.71. The van der Waals surface area contributed by atoms with E-state index >= 15 is 0 Å². The van der Waals surface area contributed by atoms with Crippen molar-refractivity contribution in [1.82, 2.24) is 0 Å². The van der Waals surface area contributed by atoms with Crippen LogP contribution in [0.15, 0.2) is 18.2 Å². The Morgan fingerprint density at radius 2 is 2.21 bits per heavy atom. The smallest absolute Gasteiger partial charge is 0.137 e. The molecule has 0 radical (unpaired) electrons. The van der Waals surface area contributed by atoms with Crippen molar-refractivity contribution in [1.29, 1.82) is 0 Å². The van der Waals surface area contributed by atoms with E-state index in [9.17, 15) is 0 Å². The number of methoxy groups -OCH3 is 1. The zero-order valence-corrected chi connectivity index (χ0v) is 9.34. The van der Waals surface area contributed by atoms with Gasteiger partial charge in [-0.05, 0) is 37.5 Å². The van der Waals surface area contributed by atoms with Crippen molar-refractivity contribution in [3.05, 3.63) is 28.8 Å². The van der Waals surface area contributed by atoms with Gasteiger partial charge in [-0.3, -0.25) is 0 Å². The zero-order valence-electron chi connectivity index (χ0n) is 8.59. The zero-order chi connectivity index (χ0) is 10.6. The van der Waals surface area contributed by atoms with Crippen LogP contribution in [0, 0.1) is 0 Å². The molecule has 1 rings (SSSR count). The molecule has 1 aromatic carbocycles. The first kappa shape index (κ1) is 11.3. The van der Waals surface area contributed by atoms with E-state index in [1.54, 1.807) is 7.11 Å². The normalized spacial score (nSPS) is 12.6. The predicted octanol–water partition coefficient (Wildman–Crippen LogP) is 2.63. The molecular formula is C11H16ClNO. The highest BCUT2D eigenvalue weighted by molar-refractivity contribution is 6.32. The molecule has 0 fully saturated rings. The molecule has 1 aromatic rings. The molecule has 3 heteroatoms. The number of benzene rings is 1. The van der Waals surface area contributed by atoms with E-state index in [0.717, 1.165) is 18.6 Å². The van der Waals surface area contributed by atoms with Crippen molar-refractivity contribution in [2.45, 2.75) is 25.8 Å². The Bertz CT molecular complexity index is 299. The topological polar surface area (TPSA) is 35.2 Å². The third-order valence-corrected chi connectivity index (χ3v) is 2.42. The van der Waals surface area contributed by atoms with Gasteiger partial charge in [0.15, 0.2) is 0 Å². The molecule has 0 bridgehead atoms. The number of hydrogen-bond acceptors (Lipinski definition) is 2. The van der Waals surface area contributed by atoms with Crippen LogP contribution < -0.4 is 10.5 Å². The lowest BCUT2D eigenvalue weighted by molar-refractivity contribution is 0.414. The number of halogens is 1. The second kappa shape index (κ2) is 5.23. The highest BCUT2D eigenvalue weighted by atomic mass is 35.5. The molecule has 78 valence electrons. The molecule has 0 aliphatic rings. The van der Waals surface area contributed by atoms with E-state index in [2.05, 4.69) is 0 Å². The Balaban J connectivity index is 2.69. The highest BCUT2D eigenvalue weighted by Crippen LogP contribution is 2.25. The van der Waals surface area contributed by atoms with E-state index in [-0.39, 0.29) is 6.04 Å². The second-order valence-corrected chi connectivity index (χ2v) is 3.89. The average molecular weight is 214 g/mol. The van der Waals surface area contributed by atoms with Crippen LogP contribution in [-0.4, -0.2) is 13.2 Å². The van der Waals surface area contributed by atoms with Crippen LogP contribution in [0.1, 0.15) is 18.9 Å². The van der Waals surface area contributed by atoms with Crippen LogP contribution in [0.4, 0.5) is 0 Å². The highest BCUT2D eigenvalue weighted by Gasteiger charge is 2.02. The summed E-state index contributed by atoms with van der Waals surface area (Å²) < 4.78 is 5.13. The SMILES string of the molecule is COc1cc(CC[C@@H](C)N)ccc1Cl. The van der Waals surface area contributed by atoms with Gasteiger partial charge in [-0.15, -0.1) is 0 Å². The third-order valence-electron chi connectivity index (χ3n) is 2.10. The van der Waals surface area contributed by atoms with Crippen LogP contribution in [0.25, 0.3) is 0 Å². The van der Waals surface area contributed by atoms with E-state index in [4.69, 9.17) is 22.1 Å². The maximum absolute atomic E-state index is 5.91. The summed E-state index contributed by atoms with van der Waals surface area (Å²) in [5.74, 6) is 0.730. The van der Waals surface area contributed by atoms with Crippen LogP contribution in [0.2, 0.25) is 5.02 Å². The van der Waals surface area contributed by atoms with Crippen LogP contribution in [0.5, 0.6) is 5.75 Å². The molecule has 14 heavy (non-hydrogen) atoms. The van der Waals surface area contributed by atoms with Gasteiger partial charge >= 0.3 is 0 Å². The Hall–Kier alpha value is -0.730. The second-order valence-electron chi connectivity index (χ2n) is 3.48. The van der Waals surface area contributed by atoms with Gasteiger partial charge in [0, 0.05) is 6.04 Å². The Morgan fingerprint density at radius 1 is 1.50 bits per heavy atom. The van der Waals surface area contributed by atoms with Gasteiger partial charge < -0.3 is 10.5 Å². The first-order chi connectivity index (χ1) is 6.63. The van der Waals surface area contributed by atoms with Crippen molar-refractivity contribution >= 4 is 11.6 Å². The summed E-state index contributed by atoms with van der Waals surface area (Å²) in [5.41, 5.74) is 6.90. The van der Waals surface area contributed by atoms with Gasteiger partial charge in [-0.1, -0.05) is 17.7 Å². The van der Waals surface area contributed by atoms with Crippen molar-refractivity contribution in [3.8, 4) is 5.75 Å². The minimum Gasteiger partial charge on any atom is -0.495 e. The molecular weight excluding hydrogens is 198 g/mol. The van der Waals surface area contributed by atoms with Gasteiger partial charge in [0.2, 0.25) is 0 Å². The quantitative estimate of drug-likeness (QED) is 0.835. The molecule has 0 aromatic heterocycles. The maximum atomic E-state index is 5.91. The Labute approximate surface area is 90.0 Å². The predicted molar refractivity (Wildman–Crippen MR) is 60.0 cm³/mol. The first-order valence-corrected chi connectivity index (χ1v) is 5.09. The molecule has 0 aliphatic heterocycles. The van der Waals surface area contributed by atoms with Gasteiger partial charge in [-0.25, -0.2) is 0 Å². The van der Waals surface area contributed by atoms with E-state index in [1.807, 2.05) is 25.1 Å². The van der Waals surface area contributed by atoms with E-state index in [1.165, 1.54) is 5.56 Å². The lowest BCUT2D eigenvalue weighted by atomic mass is 10.1.